The lowest BCUT2D eigenvalue weighted by Crippen LogP contribution is -2.33. The summed E-state index contributed by atoms with van der Waals surface area (Å²) >= 11 is 6.02. The van der Waals surface area contributed by atoms with Crippen molar-refractivity contribution >= 4 is 34.9 Å². The van der Waals surface area contributed by atoms with Crippen LogP contribution in [0.2, 0.25) is 5.02 Å². The lowest BCUT2D eigenvalue weighted by Gasteiger charge is -2.17. The van der Waals surface area contributed by atoms with E-state index in [1.807, 2.05) is 5.43 Å². The zero-order valence-electron chi connectivity index (χ0n) is 9.98. The molecule has 1 aromatic carbocycles. The normalized spacial score (nSPS) is 13.7. The maximum absolute atomic E-state index is 11.9. The van der Waals surface area contributed by atoms with Crippen LogP contribution in [-0.4, -0.2) is 24.1 Å². The lowest BCUT2D eigenvalue weighted by atomic mass is 10.1. The number of carbonyl (C=O) groups excluding carboxylic acids is 3. The number of hydrogen-bond donors (Lipinski definition) is 2. The topological polar surface area (TPSA) is 92.5 Å². The molecule has 2 rings (SSSR count). The zero-order chi connectivity index (χ0) is 14.0. The van der Waals surface area contributed by atoms with Gasteiger partial charge in [0, 0.05) is 13.0 Å². The van der Waals surface area contributed by atoms with Crippen LogP contribution in [-0.2, 0) is 9.59 Å². The van der Waals surface area contributed by atoms with E-state index in [-0.39, 0.29) is 18.9 Å². The second kappa shape index (κ2) is 5.38. The first-order chi connectivity index (χ1) is 9.06. The minimum atomic E-state index is -0.615. The summed E-state index contributed by atoms with van der Waals surface area (Å²) < 4.78 is 0. The van der Waals surface area contributed by atoms with Gasteiger partial charge in [-0.05, 0) is 18.6 Å². The Balaban J connectivity index is 2.17. The van der Waals surface area contributed by atoms with Crippen molar-refractivity contribution in [3.8, 4) is 0 Å². The van der Waals surface area contributed by atoms with Crippen LogP contribution in [0.4, 0.5) is 5.69 Å². The number of hydrazine groups is 1. The van der Waals surface area contributed by atoms with Crippen molar-refractivity contribution in [1.82, 2.24) is 5.43 Å². The van der Waals surface area contributed by atoms with Gasteiger partial charge in [0.05, 0.1) is 16.3 Å². The number of nitrogens with two attached hydrogens (primary N) is 1. The highest BCUT2D eigenvalue weighted by molar-refractivity contribution is 6.54. The number of hydrogen-bond acceptors (Lipinski definition) is 4. The monoisotopic (exact) mass is 281 g/mol. The number of amides is 2. The van der Waals surface area contributed by atoms with Crippen LogP contribution in [0.1, 0.15) is 23.2 Å². The van der Waals surface area contributed by atoms with Crippen LogP contribution >= 0.6 is 11.6 Å². The Morgan fingerprint density at radius 1 is 1.37 bits per heavy atom. The van der Waals surface area contributed by atoms with Crippen molar-refractivity contribution in [1.29, 1.82) is 0 Å². The molecule has 0 saturated carbocycles. The Bertz CT molecular complexity index is 559. The molecule has 3 N–H and O–H groups in total. The minimum Gasteiger partial charge on any atom is -0.303 e. The van der Waals surface area contributed by atoms with E-state index in [0.29, 0.717) is 22.7 Å². The Morgan fingerprint density at radius 2 is 2.11 bits per heavy atom. The Kier molecular flexibility index (Phi) is 3.82. The number of halogens is 1. The fourth-order valence-electron chi connectivity index (χ4n) is 2.00. The molecule has 1 aliphatic heterocycles. The number of anilines is 1. The van der Waals surface area contributed by atoms with Crippen molar-refractivity contribution in [3.63, 3.8) is 0 Å². The molecule has 0 saturated heterocycles. The van der Waals surface area contributed by atoms with Gasteiger partial charge in [-0.25, -0.2) is 5.84 Å². The molecule has 0 fully saturated rings. The fraction of sp³-hybridized carbons (Fsp3) is 0.250. The summed E-state index contributed by atoms with van der Waals surface area (Å²) in [5.41, 5.74) is 2.74. The molecular formula is C12H12ClN3O3. The summed E-state index contributed by atoms with van der Waals surface area (Å²) in [4.78, 5) is 35.9. The van der Waals surface area contributed by atoms with Crippen LogP contribution in [0.25, 0.3) is 0 Å². The quantitative estimate of drug-likeness (QED) is 0.367. The number of ketones is 1. The summed E-state index contributed by atoms with van der Waals surface area (Å²) in [6.07, 6.45) is 0.570. The Hall–Kier alpha value is -1.92. The maximum Gasteiger partial charge on any atom is 0.299 e. The van der Waals surface area contributed by atoms with Crippen LogP contribution in [0.5, 0.6) is 0 Å². The third-order valence-electron chi connectivity index (χ3n) is 2.89. The molecule has 0 atom stereocenters. The van der Waals surface area contributed by atoms with E-state index in [1.165, 1.54) is 4.90 Å². The van der Waals surface area contributed by atoms with E-state index in [4.69, 9.17) is 17.4 Å². The number of nitrogens with one attached hydrogen (secondary N) is 1. The molecule has 7 heteroatoms. The molecule has 6 nitrogen and oxygen atoms in total. The molecule has 0 bridgehead atoms. The van der Waals surface area contributed by atoms with Gasteiger partial charge in [0.25, 0.3) is 11.7 Å². The second-order valence-electron chi connectivity index (χ2n) is 4.09. The lowest BCUT2D eigenvalue weighted by molar-refractivity contribution is -0.121. The molecular weight excluding hydrogens is 270 g/mol. The van der Waals surface area contributed by atoms with Gasteiger partial charge in [-0.15, -0.1) is 0 Å². The molecule has 0 unspecified atom stereocenters. The average molecular weight is 282 g/mol. The van der Waals surface area contributed by atoms with Gasteiger partial charge in [0.15, 0.2) is 0 Å². The summed E-state index contributed by atoms with van der Waals surface area (Å²) in [7, 11) is 0. The summed E-state index contributed by atoms with van der Waals surface area (Å²) in [6, 6.07) is 4.80. The number of rotatable bonds is 4. The average Bonchev–Trinajstić information content (AvgIpc) is 2.65. The number of nitrogens with zero attached hydrogens (tertiary/aromatic N) is 1. The molecule has 0 aliphatic carbocycles. The van der Waals surface area contributed by atoms with E-state index < -0.39 is 11.7 Å². The van der Waals surface area contributed by atoms with Gasteiger partial charge in [-0.1, -0.05) is 17.7 Å². The number of Topliss-reactive ketones (excluding diaryl/α,β-unsaturated/α-hetero) is 1. The highest BCUT2D eigenvalue weighted by Gasteiger charge is 2.36. The van der Waals surface area contributed by atoms with Gasteiger partial charge in [-0.3, -0.25) is 19.8 Å². The molecule has 19 heavy (non-hydrogen) atoms. The highest BCUT2D eigenvalue weighted by Crippen LogP contribution is 2.35. The highest BCUT2D eigenvalue weighted by atomic mass is 35.5. The summed E-state index contributed by atoms with van der Waals surface area (Å²) in [5, 5.41) is 0.347. The van der Waals surface area contributed by atoms with Crippen molar-refractivity contribution in [3.05, 3.63) is 28.8 Å². The molecule has 1 aliphatic rings. The van der Waals surface area contributed by atoms with Gasteiger partial charge in [0.1, 0.15) is 0 Å². The van der Waals surface area contributed by atoms with E-state index >= 15 is 0 Å². The van der Waals surface area contributed by atoms with Crippen molar-refractivity contribution in [2.75, 3.05) is 11.4 Å². The van der Waals surface area contributed by atoms with Gasteiger partial charge < -0.3 is 4.90 Å². The van der Waals surface area contributed by atoms with E-state index in [1.54, 1.807) is 18.2 Å². The molecule has 1 heterocycles. The molecule has 0 radical (unpaired) electrons. The fourth-order valence-corrected chi connectivity index (χ4v) is 2.27. The van der Waals surface area contributed by atoms with Crippen molar-refractivity contribution < 1.29 is 14.4 Å². The SMILES string of the molecule is NNC(=O)CCCN1C(=O)C(=O)c2cccc(Cl)c21. The van der Waals surface area contributed by atoms with E-state index in [9.17, 15) is 14.4 Å². The first-order valence-corrected chi connectivity index (χ1v) is 6.08. The molecule has 0 spiro atoms. The smallest absolute Gasteiger partial charge is 0.299 e. The first-order valence-electron chi connectivity index (χ1n) is 5.70. The number of benzene rings is 1. The van der Waals surface area contributed by atoms with Gasteiger partial charge in [-0.2, -0.15) is 0 Å². The maximum atomic E-state index is 11.9. The predicted octanol–water partition coefficient (Wildman–Crippen LogP) is 0.639. The molecule has 2 amide bonds. The largest absolute Gasteiger partial charge is 0.303 e. The number of para-hydroxylation sites is 1. The van der Waals surface area contributed by atoms with Crippen molar-refractivity contribution in [2.24, 2.45) is 5.84 Å². The van der Waals surface area contributed by atoms with Crippen LogP contribution < -0.4 is 16.2 Å². The third-order valence-corrected chi connectivity index (χ3v) is 3.19. The minimum absolute atomic E-state index is 0.175. The summed E-state index contributed by atoms with van der Waals surface area (Å²) in [6.45, 7) is 0.245. The molecule has 1 aromatic rings. The first kappa shape index (κ1) is 13.5. The Morgan fingerprint density at radius 3 is 2.79 bits per heavy atom. The van der Waals surface area contributed by atoms with Gasteiger partial charge in [0.2, 0.25) is 5.91 Å². The van der Waals surface area contributed by atoms with Crippen LogP contribution in [0.15, 0.2) is 18.2 Å². The standard InChI is InChI=1S/C12H12ClN3O3/c13-8-4-1-3-7-10(8)16(12(19)11(7)18)6-2-5-9(17)15-14/h1,3-4H,2,5-6,14H2,(H,15,17). The van der Waals surface area contributed by atoms with Crippen LogP contribution in [0.3, 0.4) is 0 Å². The van der Waals surface area contributed by atoms with E-state index in [2.05, 4.69) is 0 Å². The van der Waals surface area contributed by atoms with Crippen LogP contribution in [0, 0.1) is 0 Å². The molecule has 100 valence electrons. The predicted molar refractivity (Wildman–Crippen MR) is 69.7 cm³/mol. The van der Waals surface area contributed by atoms with Gasteiger partial charge >= 0.3 is 0 Å². The second-order valence-corrected chi connectivity index (χ2v) is 4.50. The number of fused-ring (bicyclic) bond motifs is 1. The Labute approximate surface area is 114 Å². The third kappa shape index (κ3) is 2.45. The summed E-state index contributed by atoms with van der Waals surface area (Å²) in [5.74, 6) is 3.46. The zero-order valence-corrected chi connectivity index (χ0v) is 10.7. The number of carbonyl (C=O) groups is 3. The van der Waals surface area contributed by atoms with E-state index in [0.717, 1.165) is 0 Å². The molecule has 0 aromatic heterocycles. The van der Waals surface area contributed by atoms with Crippen molar-refractivity contribution in [2.45, 2.75) is 12.8 Å².